The number of methoxy groups -OCH3 is 1. The summed E-state index contributed by atoms with van der Waals surface area (Å²) >= 11 is 0. The lowest BCUT2D eigenvalue weighted by molar-refractivity contribution is -0.190. The SMILES string of the molecule is COC(=O)c1ccc(CNOCC(F)(F)F)nc1. The smallest absolute Gasteiger partial charge is 0.413 e. The molecule has 1 rings (SSSR count). The van der Waals surface area contributed by atoms with E-state index in [0.29, 0.717) is 5.69 Å². The first-order valence-corrected chi connectivity index (χ1v) is 4.87. The summed E-state index contributed by atoms with van der Waals surface area (Å²) in [6.45, 7) is -1.38. The average Bonchev–Trinajstić information content (AvgIpc) is 2.33. The molecule has 0 saturated heterocycles. The maximum absolute atomic E-state index is 11.7. The topological polar surface area (TPSA) is 60.5 Å². The van der Waals surface area contributed by atoms with Crippen molar-refractivity contribution in [3.63, 3.8) is 0 Å². The predicted octanol–water partition coefficient (Wildman–Crippen LogP) is 1.45. The van der Waals surface area contributed by atoms with Crippen LogP contribution in [0.3, 0.4) is 0 Å². The molecular formula is C10H11F3N2O3. The number of nitrogens with zero attached hydrogens (tertiary/aromatic N) is 1. The van der Waals surface area contributed by atoms with Crippen molar-refractivity contribution in [3.8, 4) is 0 Å². The number of esters is 1. The van der Waals surface area contributed by atoms with Crippen molar-refractivity contribution in [1.29, 1.82) is 0 Å². The van der Waals surface area contributed by atoms with Gasteiger partial charge in [0.1, 0.15) is 0 Å². The molecule has 0 aliphatic heterocycles. The van der Waals surface area contributed by atoms with Gasteiger partial charge in [0.25, 0.3) is 0 Å². The van der Waals surface area contributed by atoms with Crippen molar-refractivity contribution in [2.24, 2.45) is 0 Å². The highest BCUT2D eigenvalue weighted by Crippen LogP contribution is 2.13. The Hall–Kier alpha value is -1.67. The highest BCUT2D eigenvalue weighted by atomic mass is 19.4. The Bertz CT molecular complexity index is 392. The molecule has 1 aromatic rings. The molecule has 0 unspecified atom stereocenters. The van der Waals surface area contributed by atoms with E-state index in [1.54, 1.807) is 0 Å². The van der Waals surface area contributed by atoms with Crippen LogP contribution in [-0.4, -0.2) is 30.8 Å². The van der Waals surface area contributed by atoms with Crippen LogP contribution in [0.15, 0.2) is 18.3 Å². The molecule has 0 saturated carbocycles. The van der Waals surface area contributed by atoms with E-state index in [2.05, 4.69) is 20.0 Å². The zero-order valence-corrected chi connectivity index (χ0v) is 9.45. The van der Waals surface area contributed by atoms with E-state index in [1.807, 2.05) is 0 Å². The molecule has 0 atom stereocenters. The van der Waals surface area contributed by atoms with Crippen LogP contribution in [0.4, 0.5) is 13.2 Å². The number of hydroxylamine groups is 1. The number of halogens is 3. The molecule has 0 aromatic carbocycles. The van der Waals surface area contributed by atoms with Crippen molar-refractivity contribution in [2.45, 2.75) is 12.7 Å². The van der Waals surface area contributed by atoms with Crippen LogP contribution in [0, 0.1) is 0 Å². The normalized spacial score (nSPS) is 11.3. The number of hydrogen-bond acceptors (Lipinski definition) is 5. The standard InChI is InChI=1S/C10H11F3N2O3/c1-17-9(16)7-2-3-8(14-4-7)5-15-18-6-10(11,12)13/h2-4,15H,5-6H2,1H3. The Morgan fingerprint density at radius 1 is 1.44 bits per heavy atom. The molecule has 5 nitrogen and oxygen atoms in total. The number of aromatic nitrogens is 1. The van der Waals surface area contributed by atoms with Gasteiger partial charge < -0.3 is 4.74 Å². The second kappa shape index (κ2) is 6.31. The number of rotatable bonds is 5. The molecule has 100 valence electrons. The van der Waals surface area contributed by atoms with E-state index >= 15 is 0 Å². The second-order valence-corrected chi connectivity index (χ2v) is 3.25. The van der Waals surface area contributed by atoms with Crippen molar-refractivity contribution in [3.05, 3.63) is 29.6 Å². The third-order valence-corrected chi connectivity index (χ3v) is 1.84. The van der Waals surface area contributed by atoms with Gasteiger partial charge in [-0.1, -0.05) is 0 Å². The highest BCUT2D eigenvalue weighted by Gasteiger charge is 2.27. The van der Waals surface area contributed by atoms with Gasteiger partial charge in [-0.15, -0.1) is 0 Å². The molecule has 0 bridgehead atoms. The van der Waals surface area contributed by atoms with Crippen LogP contribution in [0.2, 0.25) is 0 Å². The van der Waals surface area contributed by atoms with Gasteiger partial charge in [-0.25, -0.2) is 4.79 Å². The monoisotopic (exact) mass is 264 g/mol. The van der Waals surface area contributed by atoms with E-state index in [1.165, 1.54) is 25.4 Å². The van der Waals surface area contributed by atoms with Crippen LogP contribution in [0.1, 0.15) is 16.1 Å². The lowest BCUT2D eigenvalue weighted by atomic mass is 10.2. The van der Waals surface area contributed by atoms with E-state index < -0.39 is 18.8 Å². The highest BCUT2D eigenvalue weighted by molar-refractivity contribution is 5.88. The molecule has 0 fully saturated rings. The van der Waals surface area contributed by atoms with E-state index in [4.69, 9.17) is 0 Å². The quantitative estimate of drug-likeness (QED) is 0.495. The number of nitrogens with one attached hydrogen (secondary N) is 1. The molecule has 18 heavy (non-hydrogen) atoms. The van der Waals surface area contributed by atoms with Crippen molar-refractivity contribution in [2.75, 3.05) is 13.7 Å². The number of carbonyl (C=O) groups excluding carboxylic acids is 1. The molecule has 0 amide bonds. The Morgan fingerprint density at radius 3 is 2.67 bits per heavy atom. The Kier molecular flexibility index (Phi) is 5.05. The summed E-state index contributed by atoms with van der Waals surface area (Å²) in [7, 11) is 1.24. The van der Waals surface area contributed by atoms with Crippen molar-refractivity contribution >= 4 is 5.97 Å². The minimum atomic E-state index is -4.38. The number of ether oxygens (including phenoxy) is 1. The van der Waals surface area contributed by atoms with Crippen LogP contribution < -0.4 is 5.48 Å². The Labute approximate surface area is 101 Å². The second-order valence-electron chi connectivity index (χ2n) is 3.25. The number of carbonyl (C=O) groups is 1. The van der Waals surface area contributed by atoms with Crippen molar-refractivity contribution < 1.29 is 27.5 Å². The largest absolute Gasteiger partial charge is 0.465 e. The fourth-order valence-electron chi connectivity index (χ4n) is 1.03. The van der Waals surface area contributed by atoms with Crippen LogP contribution in [0.5, 0.6) is 0 Å². The van der Waals surface area contributed by atoms with Gasteiger partial charge in [0.05, 0.1) is 24.9 Å². The van der Waals surface area contributed by atoms with Gasteiger partial charge in [0.15, 0.2) is 6.61 Å². The summed E-state index contributed by atoms with van der Waals surface area (Å²) in [5.74, 6) is -0.532. The maximum atomic E-state index is 11.7. The minimum Gasteiger partial charge on any atom is -0.465 e. The summed E-state index contributed by atoms with van der Waals surface area (Å²) < 4.78 is 39.7. The molecular weight excluding hydrogens is 253 g/mol. The lowest BCUT2D eigenvalue weighted by Crippen LogP contribution is -2.24. The lowest BCUT2D eigenvalue weighted by Gasteiger charge is -2.08. The molecule has 1 N–H and O–H groups in total. The van der Waals surface area contributed by atoms with Gasteiger partial charge in [-0.3, -0.25) is 9.82 Å². The predicted molar refractivity (Wildman–Crippen MR) is 54.4 cm³/mol. The number of hydrogen-bond donors (Lipinski definition) is 1. The maximum Gasteiger partial charge on any atom is 0.413 e. The first-order chi connectivity index (χ1) is 8.42. The van der Waals surface area contributed by atoms with E-state index in [-0.39, 0.29) is 12.1 Å². The average molecular weight is 264 g/mol. The first kappa shape index (κ1) is 14.4. The fraction of sp³-hybridized carbons (Fsp3) is 0.400. The van der Waals surface area contributed by atoms with Gasteiger partial charge in [0.2, 0.25) is 0 Å². The molecule has 0 spiro atoms. The van der Waals surface area contributed by atoms with Gasteiger partial charge in [0, 0.05) is 6.20 Å². The van der Waals surface area contributed by atoms with E-state index in [0.717, 1.165) is 0 Å². The fourth-order valence-corrected chi connectivity index (χ4v) is 1.03. The summed E-state index contributed by atoms with van der Waals surface area (Å²) in [5.41, 5.74) is 2.82. The van der Waals surface area contributed by atoms with Crippen LogP contribution >= 0.6 is 0 Å². The summed E-state index contributed by atoms with van der Waals surface area (Å²) in [5, 5.41) is 0. The van der Waals surface area contributed by atoms with Gasteiger partial charge in [-0.2, -0.15) is 18.7 Å². The summed E-state index contributed by atoms with van der Waals surface area (Å²) in [6, 6.07) is 2.94. The van der Waals surface area contributed by atoms with Crippen LogP contribution in [-0.2, 0) is 16.1 Å². The molecule has 1 heterocycles. The molecule has 8 heteroatoms. The third kappa shape index (κ3) is 5.11. The molecule has 1 aromatic heterocycles. The molecule has 0 aliphatic carbocycles. The van der Waals surface area contributed by atoms with Crippen molar-refractivity contribution in [1.82, 2.24) is 10.5 Å². The zero-order valence-electron chi connectivity index (χ0n) is 9.45. The number of alkyl halides is 3. The third-order valence-electron chi connectivity index (χ3n) is 1.84. The zero-order chi connectivity index (χ0) is 13.6. The Balaban J connectivity index is 2.38. The van der Waals surface area contributed by atoms with Gasteiger partial charge in [-0.05, 0) is 12.1 Å². The Morgan fingerprint density at radius 2 is 2.17 bits per heavy atom. The van der Waals surface area contributed by atoms with Gasteiger partial charge >= 0.3 is 12.1 Å². The summed E-state index contributed by atoms with van der Waals surface area (Å²) in [4.78, 5) is 19.1. The molecule has 0 radical (unpaired) electrons. The van der Waals surface area contributed by atoms with E-state index in [9.17, 15) is 18.0 Å². The number of pyridine rings is 1. The molecule has 0 aliphatic rings. The minimum absolute atomic E-state index is 0.00245. The van der Waals surface area contributed by atoms with Crippen LogP contribution in [0.25, 0.3) is 0 Å². The summed E-state index contributed by atoms with van der Waals surface area (Å²) in [6.07, 6.45) is -3.11. The first-order valence-electron chi connectivity index (χ1n) is 4.87.